The van der Waals surface area contributed by atoms with Crippen molar-refractivity contribution < 1.29 is 14.4 Å². The zero-order valence-electron chi connectivity index (χ0n) is 15.3. The Morgan fingerprint density at radius 3 is 2.29 bits per heavy atom. The molecular weight excluding hydrogens is 398 g/mol. The SMILES string of the molecule is Cc1cc(C)c(NC(=S)NC(=O)CCN2C(=O)c3ccccc3C2=O)c(Cl)c1. The Balaban J connectivity index is 1.56. The zero-order chi connectivity index (χ0) is 20.4. The Kier molecular flexibility index (Phi) is 5.76. The molecule has 0 fully saturated rings. The van der Waals surface area contributed by atoms with Gasteiger partial charge in [-0.15, -0.1) is 0 Å². The molecule has 2 aromatic carbocycles. The number of amides is 3. The van der Waals surface area contributed by atoms with Crippen LogP contribution in [-0.2, 0) is 4.79 Å². The van der Waals surface area contributed by atoms with Crippen molar-refractivity contribution in [3.8, 4) is 0 Å². The third kappa shape index (κ3) is 4.05. The maximum atomic E-state index is 12.3. The number of nitrogens with one attached hydrogen (secondary N) is 2. The summed E-state index contributed by atoms with van der Waals surface area (Å²) in [5.41, 5.74) is 3.25. The van der Waals surface area contributed by atoms with Crippen LogP contribution in [0.1, 0.15) is 38.3 Å². The molecule has 0 aliphatic carbocycles. The predicted molar refractivity (Wildman–Crippen MR) is 112 cm³/mol. The van der Waals surface area contributed by atoms with Gasteiger partial charge in [0, 0.05) is 13.0 Å². The van der Waals surface area contributed by atoms with E-state index in [2.05, 4.69) is 10.6 Å². The van der Waals surface area contributed by atoms with E-state index < -0.39 is 17.7 Å². The van der Waals surface area contributed by atoms with Gasteiger partial charge in [-0.25, -0.2) is 0 Å². The monoisotopic (exact) mass is 415 g/mol. The number of nitrogens with zero attached hydrogens (tertiary/aromatic N) is 1. The van der Waals surface area contributed by atoms with Gasteiger partial charge in [0.15, 0.2) is 5.11 Å². The number of benzene rings is 2. The number of hydrogen-bond donors (Lipinski definition) is 2. The van der Waals surface area contributed by atoms with Crippen LogP contribution in [0.4, 0.5) is 5.69 Å². The summed E-state index contributed by atoms with van der Waals surface area (Å²) in [4.78, 5) is 37.9. The summed E-state index contributed by atoms with van der Waals surface area (Å²) in [7, 11) is 0. The van der Waals surface area contributed by atoms with Crippen LogP contribution in [0.3, 0.4) is 0 Å². The molecule has 0 radical (unpaired) electrons. The van der Waals surface area contributed by atoms with Crippen LogP contribution >= 0.6 is 23.8 Å². The fourth-order valence-corrected chi connectivity index (χ4v) is 3.65. The van der Waals surface area contributed by atoms with Gasteiger partial charge in [-0.1, -0.05) is 29.8 Å². The highest BCUT2D eigenvalue weighted by Gasteiger charge is 2.34. The maximum Gasteiger partial charge on any atom is 0.261 e. The summed E-state index contributed by atoms with van der Waals surface area (Å²) >= 11 is 11.4. The number of imide groups is 1. The third-order valence-corrected chi connectivity index (χ3v) is 4.87. The smallest absolute Gasteiger partial charge is 0.261 e. The first-order valence-corrected chi connectivity index (χ1v) is 9.39. The molecule has 0 saturated carbocycles. The average molecular weight is 416 g/mol. The fraction of sp³-hybridized carbons (Fsp3) is 0.200. The molecule has 0 unspecified atom stereocenters. The molecule has 3 rings (SSSR count). The molecule has 6 nitrogen and oxygen atoms in total. The topological polar surface area (TPSA) is 78.5 Å². The Morgan fingerprint density at radius 2 is 1.71 bits per heavy atom. The molecule has 3 amide bonds. The minimum atomic E-state index is -0.407. The van der Waals surface area contributed by atoms with Gasteiger partial charge in [-0.3, -0.25) is 19.3 Å². The van der Waals surface area contributed by atoms with Gasteiger partial charge in [0.05, 0.1) is 21.8 Å². The minimum absolute atomic E-state index is 0.0227. The number of carbonyl (C=O) groups excluding carboxylic acids is 3. The lowest BCUT2D eigenvalue weighted by Gasteiger charge is -2.16. The number of hydrogen-bond acceptors (Lipinski definition) is 4. The van der Waals surface area contributed by atoms with Gasteiger partial charge in [-0.2, -0.15) is 0 Å². The summed E-state index contributed by atoms with van der Waals surface area (Å²) in [6.45, 7) is 3.79. The molecule has 28 heavy (non-hydrogen) atoms. The van der Waals surface area contributed by atoms with Crippen LogP contribution < -0.4 is 10.6 Å². The van der Waals surface area contributed by atoms with E-state index in [9.17, 15) is 14.4 Å². The summed E-state index contributed by atoms with van der Waals surface area (Å²) in [5, 5.41) is 6.06. The Labute approximate surface area is 172 Å². The highest BCUT2D eigenvalue weighted by Crippen LogP contribution is 2.27. The number of rotatable bonds is 4. The van der Waals surface area contributed by atoms with Crippen molar-refractivity contribution in [1.82, 2.24) is 10.2 Å². The van der Waals surface area contributed by atoms with Gasteiger partial charge in [-0.05, 0) is 55.4 Å². The first-order chi connectivity index (χ1) is 13.3. The fourth-order valence-electron chi connectivity index (χ4n) is 3.06. The second-order valence-electron chi connectivity index (χ2n) is 6.50. The summed E-state index contributed by atoms with van der Waals surface area (Å²) in [6.07, 6.45) is -0.0616. The van der Waals surface area contributed by atoms with Crippen molar-refractivity contribution >= 4 is 52.3 Å². The summed E-state index contributed by atoms with van der Waals surface area (Å²) in [5.74, 6) is -1.19. The Bertz CT molecular complexity index is 948. The number of thiocarbonyl (C=S) groups is 1. The van der Waals surface area contributed by atoms with Crippen LogP contribution in [0.15, 0.2) is 36.4 Å². The van der Waals surface area contributed by atoms with Gasteiger partial charge in [0.2, 0.25) is 5.91 Å². The predicted octanol–water partition coefficient (Wildman–Crippen LogP) is 3.46. The standard InChI is InChI=1S/C20H18ClN3O3S/c1-11-9-12(2)17(15(21)10-11)23-20(28)22-16(25)7-8-24-18(26)13-5-3-4-6-14(13)19(24)27/h3-6,9-10H,7-8H2,1-2H3,(H2,22,23,25,28). The van der Waals surface area contributed by atoms with E-state index in [1.54, 1.807) is 30.3 Å². The van der Waals surface area contributed by atoms with Crippen molar-refractivity contribution in [2.75, 3.05) is 11.9 Å². The van der Waals surface area contributed by atoms with E-state index in [4.69, 9.17) is 23.8 Å². The minimum Gasteiger partial charge on any atom is -0.331 e. The highest BCUT2D eigenvalue weighted by molar-refractivity contribution is 7.80. The van der Waals surface area contributed by atoms with Crippen molar-refractivity contribution in [2.24, 2.45) is 0 Å². The molecular formula is C20H18ClN3O3S. The summed E-state index contributed by atoms with van der Waals surface area (Å²) in [6, 6.07) is 10.3. The number of fused-ring (bicyclic) bond motifs is 1. The molecule has 144 valence electrons. The Hall–Kier alpha value is -2.77. The van der Waals surface area contributed by atoms with Gasteiger partial charge < -0.3 is 10.6 Å². The lowest BCUT2D eigenvalue weighted by molar-refractivity contribution is -0.119. The van der Waals surface area contributed by atoms with Crippen LogP contribution in [0, 0.1) is 13.8 Å². The lowest BCUT2D eigenvalue weighted by atomic mass is 10.1. The quantitative estimate of drug-likeness (QED) is 0.590. The van der Waals surface area contributed by atoms with Crippen LogP contribution in [0.25, 0.3) is 0 Å². The zero-order valence-corrected chi connectivity index (χ0v) is 16.9. The molecule has 1 heterocycles. The van der Waals surface area contributed by atoms with Gasteiger partial charge in [0.25, 0.3) is 11.8 Å². The van der Waals surface area contributed by atoms with Crippen molar-refractivity contribution in [1.29, 1.82) is 0 Å². The number of halogens is 1. The molecule has 0 saturated heterocycles. The van der Waals surface area contributed by atoms with E-state index >= 15 is 0 Å². The first-order valence-electron chi connectivity index (χ1n) is 8.60. The molecule has 2 N–H and O–H groups in total. The highest BCUT2D eigenvalue weighted by atomic mass is 35.5. The lowest BCUT2D eigenvalue weighted by Crippen LogP contribution is -2.38. The van der Waals surface area contributed by atoms with Crippen molar-refractivity contribution in [3.05, 3.63) is 63.7 Å². The molecule has 8 heteroatoms. The third-order valence-electron chi connectivity index (χ3n) is 4.36. The van der Waals surface area contributed by atoms with Crippen molar-refractivity contribution in [2.45, 2.75) is 20.3 Å². The maximum absolute atomic E-state index is 12.3. The van der Waals surface area contributed by atoms with E-state index in [-0.39, 0.29) is 18.1 Å². The molecule has 1 aliphatic rings. The normalized spacial score (nSPS) is 12.8. The second kappa shape index (κ2) is 8.08. The van der Waals surface area contributed by atoms with E-state index in [1.807, 2.05) is 19.9 Å². The molecule has 0 atom stereocenters. The number of aryl methyl sites for hydroxylation is 2. The van der Waals surface area contributed by atoms with E-state index in [0.717, 1.165) is 16.0 Å². The van der Waals surface area contributed by atoms with Crippen LogP contribution in [0.5, 0.6) is 0 Å². The van der Waals surface area contributed by atoms with Crippen molar-refractivity contribution in [3.63, 3.8) is 0 Å². The molecule has 0 aromatic heterocycles. The first kappa shape index (κ1) is 20.0. The average Bonchev–Trinajstić information content (AvgIpc) is 2.87. The molecule has 1 aliphatic heterocycles. The van der Waals surface area contributed by atoms with Crippen LogP contribution in [-0.4, -0.2) is 34.3 Å². The number of anilines is 1. The number of carbonyl (C=O) groups is 3. The second-order valence-corrected chi connectivity index (χ2v) is 7.31. The van der Waals surface area contributed by atoms with Gasteiger partial charge >= 0.3 is 0 Å². The Morgan fingerprint density at radius 1 is 1.11 bits per heavy atom. The van der Waals surface area contributed by atoms with Gasteiger partial charge in [0.1, 0.15) is 0 Å². The largest absolute Gasteiger partial charge is 0.331 e. The van der Waals surface area contributed by atoms with Crippen LogP contribution in [0.2, 0.25) is 5.02 Å². The molecule has 0 bridgehead atoms. The van der Waals surface area contributed by atoms with E-state index in [0.29, 0.717) is 21.8 Å². The summed E-state index contributed by atoms with van der Waals surface area (Å²) < 4.78 is 0. The van der Waals surface area contributed by atoms with E-state index in [1.165, 1.54) is 0 Å². The molecule has 0 spiro atoms. The molecule has 2 aromatic rings.